The van der Waals surface area contributed by atoms with Gasteiger partial charge in [0.25, 0.3) is 0 Å². The zero-order valence-electron chi connectivity index (χ0n) is 6.59. The van der Waals surface area contributed by atoms with Crippen molar-refractivity contribution in [2.45, 2.75) is 6.92 Å². The Hall–Kier alpha value is -1.38. The molecule has 0 bridgehead atoms. The summed E-state index contributed by atoms with van der Waals surface area (Å²) >= 11 is 0. The van der Waals surface area contributed by atoms with E-state index in [0.717, 1.165) is 0 Å². The zero-order chi connectivity index (χ0) is 8.43. The number of nitrogens with zero attached hydrogens (tertiary/aromatic N) is 1. The van der Waals surface area contributed by atoms with Crippen molar-refractivity contribution in [1.82, 2.24) is 4.57 Å². The summed E-state index contributed by atoms with van der Waals surface area (Å²) in [6.45, 7) is 1.49. The number of hydrogen-bond donors (Lipinski definition) is 1. The molecule has 0 aliphatic heterocycles. The van der Waals surface area contributed by atoms with Crippen LogP contribution < -0.4 is 5.49 Å². The van der Waals surface area contributed by atoms with Crippen LogP contribution in [0.1, 0.15) is 17.3 Å². The first kappa shape index (κ1) is 7.72. The van der Waals surface area contributed by atoms with Crippen LogP contribution in [-0.4, -0.2) is 10.4 Å². The maximum absolute atomic E-state index is 10.8. The van der Waals surface area contributed by atoms with Crippen LogP contribution in [-0.2, 0) is 7.05 Å². The molecule has 0 spiro atoms. The second-order valence-corrected chi connectivity index (χ2v) is 2.47. The summed E-state index contributed by atoms with van der Waals surface area (Å²) in [5, 5.41) is 7.36. The molecule has 1 N–H and O–H groups in total. The van der Waals surface area contributed by atoms with Gasteiger partial charge in [-0.3, -0.25) is 10.2 Å². The molecular formula is C8H10N2O. The molecule has 3 heteroatoms. The number of pyridine rings is 1. The monoisotopic (exact) mass is 150 g/mol. The second-order valence-electron chi connectivity index (χ2n) is 2.47. The van der Waals surface area contributed by atoms with Crippen molar-refractivity contribution in [2.24, 2.45) is 7.05 Å². The average molecular weight is 150 g/mol. The Morgan fingerprint density at radius 3 is 2.73 bits per heavy atom. The van der Waals surface area contributed by atoms with Crippen LogP contribution in [0.3, 0.4) is 0 Å². The molecule has 0 fully saturated rings. The van der Waals surface area contributed by atoms with Crippen molar-refractivity contribution >= 4 is 5.78 Å². The number of rotatable bonds is 1. The molecule has 0 saturated heterocycles. The Bertz CT molecular complexity index is 338. The largest absolute Gasteiger partial charge is 0.337 e. The fourth-order valence-electron chi connectivity index (χ4n) is 0.789. The highest BCUT2D eigenvalue weighted by atomic mass is 16.1. The highest BCUT2D eigenvalue weighted by Crippen LogP contribution is 1.93. The molecule has 11 heavy (non-hydrogen) atoms. The molecular weight excluding hydrogens is 140 g/mol. The lowest BCUT2D eigenvalue weighted by atomic mass is 10.2. The van der Waals surface area contributed by atoms with Crippen LogP contribution in [0.5, 0.6) is 0 Å². The first-order valence-corrected chi connectivity index (χ1v) is 3.33. The van der Waals surface area contributed by atoms with Crippen LogP contribution in [0.15, 0.2) is 18.3 Å². The van der Waals surface area contributed by atoms with Crippen molar-refractivity contribution in [1.29, 1.82) is 5.41 Å². The molecule has 0 atom stereocenters. The molecule has 0 aromatic carbocycles. The molecule has 1 aromatic heterocycles. The minimum absolute atomic E-state index is 0.000833. The van der Waals surface area contributed by atoms with Gasteiger partial charge < -0.3 is 4.57 Å². The van der Waals surface area contributed by atoms with Gasteiger partial charge in [0.2, 0.25) is 0 Å². The number of aromatic nitrogens is 1. The van der Waals surface area contributed by atoms with Crippen LogP contribution in [0.2, 0.25) is 0 Å². The van der Waals surface area contributed by atoms with E-state index in [4.69, 9.17) is 5.41 Å². The first-order valence-electron chi connectivity index (χ1n) is 3.33. The Morgan fingerprint density at radius 2 is 2.27 bits per heavy atom. The summed E-state index contributed by atoms with van der Waals surface area (Å²) < 4.78 is 1.65. The van der Waals surface area contributed by atoms with E-state index in [0.29, 0.717) is 11.1 Å². The highest BCUT2D eigenvalue weighted by molar-refractivity contribution is 5.93. The molecule has 1 aromatic rings. The minimum Gasteiger partial charge on any atom is -0.337 e. The number of aryl methyl sites for hydroxylation is 1. The Balaban J connectivity index is 3.26. The summed E-state index contributed by atoms with van der Waals surface area (Å²) in [5.41, 5.74) is 0.936. The minimum atomic E-state index is -0.000833. The lowest BCUT2D eigenvalue weighted by molar-refractivity contribution is 0.101. The van der Waals surface area contributed by atoms with E-state index in [9.17, 15) is 4.79 Å². The van der Waals surface area contributed by atoms with E-state index >= 15 is 0 Å². The fourth-order valence-corrected chi connectivity index (χ4v) is 0.789. The molecule has 0 aliphatic rings. The van der Waals surface area contributed by atoms with E-state index in [1.807, 2.05) is 0 Å². The summed E-state index contributed by atoms with van der Waals surface area (Å²) in [4.78, 5) is 10.8. The van der Waals surface area contributed by atoms with Gasteiger partial charge in [0.05, 0.1) is 0 Å². The summed E-state index contributed by atoms with van der Waals surface area (Å²) in [5.74, 6) is -0.000833. The van der Waals surface area contributed by atoms with Gasteiger partial charge in [-0.15, -0.1) is 0 Å². The number of Topliss-reactive ketones (excluding diaryl/α,β-unsaturated/α-hetero) is 1. The van der Waals surface area contributed by atoms with Gasteiger partial charge >= 0.3 is 0 Å². The Kier molecular flexibility index (Phi) is 1.89. The molecule has 3 nitrogen and oxygen atoms in total. The van der Waals surface area contributed by atoms with Crippen LogP contribution in [0, 0.1) is 5.41 Å². The molecule has 0 aliphatic carbocycles. The molecule has 0 amide bonds. The van der Waals surface area contributed by atoms with Crippen LogP contribution >= 0.6 is 0 Å². The van der Waals surface area contributed by atoms with Gasteiger partial charge in [-0.1, -0.05) is 0 Å². The van der Waals surface area contributed by atoms with Crippen molar-refractivity contribution in [2.75, 3.05) is 0 Å². The van der Waals surface area contributed by atoms with Gasteiger partial charge in [0.15, 0.2) is 5.78 Å². The van der Waals surface area contributed by atoms with Gasteiger partial charge in [-0.2, -0.15) is 0 Å². The Morgan fingerprint density at radius 1 is 1.64 bits per heavy atom. The normalized spacial score (nSPS) is 9.64. The van der Waals surface area contributed by atoms with Gasteiger partial charge in [0, 0.05) is 18.8 Å². The van der Waals surface area contributed by atoms with Gasteiger partial charge in [-0.25, -0.2) is 0 Å². The molecule has 1 heterocycles. The molecule has 1 rings (SSSR count). The average Bonchev–Trinajstić information content (AvgIpc) is 1.94. The maximum Gasteiger partial charge on any atom is 0.159 e. The van der Waals surface area contributed by atoms with Crippen molar-refractivity contribution < 1.29 is 4.79 Å². The van der Waals surface area contributed by atoms with Gasteiger partial charge in [0.1, 0.15) is 5.49 Å². The van der Waals surface area contributed by atoms with Crippen LogP contribution in [0.4, 0.5) is 0 Å². The topological polar surface area (TPSA) is 45.9 Å². The SMILES string of the molecule is CC(=O)c1ccn(C)c(=N)c1. The maximum atomic E-state index is 10.8. The summed E-state index contributed by atoms with van der Waals surface area (Å²) in [7, 11) is 1.77. The Labute approximate surface area is 64.8 Å². The summed E-state index contributed by atoms with van der Waals surface area (Å²) in [6.07, 6.45) is 1.71. The zero-order valence-corrected chi connectivity index (χ0v) is 6.59. The van der Waals surface area contributed by atoms with E-state index in [2.05, 4.69) is 0 Å². The second kappa shape index (κ2) is 2.70. The van der Waals surface area contributed by atoms with Crippen LogP contribution in [0.25, 0.3) is 0 Å². The molecule has 0 saturated carbocycles. The van der Waals surface area contributed by atoms with E-state index in [-0.39, 0.29) is 5.78 Å². The van der Waals surface area contributed by atoms with Gasteiger partial charge in [-0.05, 0) is 19.1 Å². The number of nitrogens with one attached hydrogen (secondary N) is 1. The van der Waals surface area contributed by atoms with E-state index in [1.165, 1.54) is 6.92 Å². The van der Waals surface area contributed by atoms with Crippen molar-refractivity contribution in [3.63, 3.8) is 0 Å². The van der Waals surface area contributed by atoms with Crippen molar-refractivity contribution in [3.8, 4) is 0 Å². The standard InChI is InChI=1S/C8H10N2O/c1-6(11)7-3-4-10(2)8(9)5-7/h3-5,9H,1-2H3. The predicted octanol–water partition coefficient (Wildman–Crippen LogP) is 0.707. The fraction of sp³-hybridized carbons (Fsp3) is 0.250. The quantitative estimate of drug-likeness (QED) is 0.589. The lowest BCUT2D eigenvalue weighted by Crippen LogP contribution is -2.16. The van der Waals surface area contributed by atoms with E-state index < -0.39 is 0 Å². The number of carbonyl (C=O) groups excluding carboxylic acids is 1. The third kappa shape index (κ3) is 1.55. The first-order chi connectivity index (χ1) is 5.11. The summed E-state index contributed by atoms with van der Waals surface area (Å²) in [6, 6.07) is 3.27. The number of hydrogen-bond acceptors (Lipinski definition) is 2. The van der Waals surface area contributed by atoms with E-state index in [1.54, 1.807) is 29.9 Å². The van der Waals surface area contributed by atoms with Crippen molar-refractivity contribution in [3.05, 3.63) is 29.4 Å². The third-order valence-corrected chi connectivity index (χ3v) is 1.56. The lowest BCUT2D eigenvalue weighted by Gasteiger charge is -1.98. The molecule has 0 unspecified atom stereocenters. The highest BCUT2D eigenvalue weighted by Gasteiger charge is 1.97. The number of carbonyl (C=O) groups is 1. The predicted molar refractivity (Wildman–Crippen MR) is 41.3 cm³/mol. The molecule has 0 radical (unpaired) electrons. The smallest absolute Gasteiger partial charge is 0.159 e. The third-order valence-electron chi connectivity index (χ3n) is 1.56. The molecule has 58 valence electrons. The number of ketones is 1.